The van der Waals surface area contributed by atoms with Crippen molar-refractivity contribution in [2.45, 2.75) is 123 Å². The fourth-order valence-corrected chi connectivity index (χ4v) is 8.85. The second kappa shape index (κ2) is 15.2. The number of hydrogen-bond acceptors (Lipinski definition) is 1. The van der Waals surface area contributed by atoms with Gasteiger partial charge in [0, 0.05) is 28.7 Å². The molecular weight excluding hydrogens is 593 g/mol. The van der Waals surface area contributed by atoms with Gasteiger partial charge in [0.05, 0.1) is 12.1 Å². The highest BCUT2D eigenvalue weighted by atomic mass is 15.2. The smallest absolute Gasteiger partial charge is 0.0602 e. The Kier molecular flexibility index (Phi) is 10.8. The third-order valence-electron chi connectivity index (χ3n) is 11.3. The summed E-state index contributed by atoms with van der Waals surface area (Å²) in [6.45, 7) is 22.9. The number of fused-ring (bicyclic) bond motifs is 3. The standard InChI is InChI=1S/C47H58N2/c1-9-11-14-21-37-31-45-47(46(34(37)6)42-26-18-17-25-39(42)32(3)4)43-27-19-20-28-44(43)48(45)33(5)29-30-41-36(8)49(38-22-15-13-16-23-38)35(7)40(41)24-12-10-2/h10,15,17-22,25-30,32-33,38,45H,2,6,9,11-14,16,23-24,31H2,1,3-5,7-8H3/b30-29-,37-21-. The molecule has 0 amide bonds. The molecule has 0 radical (unpaired) electrons. The SMILES string of the molecule is C=CCCc1c(/C=C\C(C)N2c3ccccc3C3=C(c4ccccc4C(C)C)C(=C)/C(=C\CCCC)CC32)c(C)n(C2C=CCCC2)c1C. The molecule has 3 unspecified atom stereocenters. The molecule has 49 heavy (non-hydrogen) atoms. The first kappa shape index (κ1) is 34.8. The molecule has 3 aliphatic rings. The lowest BCUT2D eigenvalue weighted by Gasteiger charge is -2.37. The summed E-state index contributed by atoms with van der Waals surface area (Å²) in [7, 11) is 0. The van der Waals surface area contributed by atoms with E-state index in [0.717, 1.165) is 25.7 Å². The highest BCUT2D eigenvalue weighted by Crippen LogP contribution is 2.54. The number of unbranched alkanes of at least 4 members (excludes halogenated alkanes) is 2. The van der Waals surface area contributed by atoms with Gasteiger partial charge in [0.1, 0.15) is 0 Å². The van der Waals surface area contributed by atoms with Gasteiger partial charge in [0.25, 0.3) is 0 Å². The van der Waals surface area contributed by atoms with Gasteiger partial charge in [0.15, 0.2) is 0 Å². The van der Waals surface area contributed by atoms with E-state index in [1.165, 1.54) is 99.3 Å². The molecule has 256 valence electrons. The van der Waals surface area contributed by atoms with Crippen LogP contribution >= 0.6 is 0 Å². The average molecular weight is 651 g/mol. The number of rotatable bonds is 12. The Morgan fingerprint density at radius 3 is 2.43 bits per heavy atom. The van der Waals surface area contributed by atoms with Crippen molar-refractivity contribution < 1.29 is 0 Å². The molecule has 2 aromatic carbocycles. The van der Waals surface area contributed by atoms with Crippen molar-refractivity contribution >= 4 is 22.9 Å². The minimum Gasteiger partial charge on any atom is -0.357 e. The number of nitrogens with zero attached hydrogens (tertiary/aromatic N) is 2. The van der Waals surface area contributed by atoms with E-state index in [1.807, 2.05) is 0 Å². The van der Waals surface area contributed by atoms with E-state index in [9.17, 15) is 0 Å². The second-order valence-electron chi connectivity index (χ2n) is 14.8. The van der Waals surface area contributed by atoms with Crippen molar-refractivity contribution in [2.24, 2.45) is 0 Å². The number of allylic oxidation sites excluding steroid dienone is 6. The third kappa shape index (κ3) is 6.64. The van der Waals surface area contributed by atoms with Crippen molar-refractivity contribution in [3.63, 3.8) is 0 Å². The van der Waals surface area contributed by atoms with Crippen LogP contribution in [0.5, 0.6) is 0 Å². The molecule has 2 aliphatic carbocycles. The lowest BCUT2D eigenvalue weighted by Crippen LogP contribution is -2.39. The molecule has 2 nitrogen and oxygen atoms in total. The molecule has 2 heterocycles. The predicted octanol–water partition coefficient (Wildman–Crippen LogP) is 12.9. The minimum absolute atomic E-state index is 0.207. The van der Waals surface area contributed by atoms with Gasteiger partial charge in [-0.05, 0) is 122 Å². The first-order valence-corrected chi connectivity index (χ1v) is 19.0. The zero-order valence-electron chi connectivity index (χ0n) is 31.1. The molecule has 3 atom stereocenters. The summed E-state index contributed by atoms with van der Waals surface area (Å²) < 4.78 is 2.61. The largest absolute Gasteiger partial charge is 0.357 e. The number of benzene rings is 2. The van der Waals surface area contributed by atoms with E-state index in [0.29, 0.717) is 12.0 Å². The fourth-order valence-electron chi connectivity index (χ4n) is 8.85. The van der Waals surface area contributed by atoms with Crippen LogP contribution in [0.25, 0.3) is 17.2 Å². The Labute approximate surface area is 297 Å². The monoisotopic (exact) mass is 650 g/mol. The van der Waals surface area contributed by atoms with Crippen molar-refractivity contribution in [1.82, 2.24) is 4.57 Å². The molecule has 0 bridgehead atoms. The first-order chi connectivity index (χ1) is 23.8. The molecule has 6 rings (SSSR count). The summed E-state index contributed by atoms with van der Waals surface area (Å²) in [5, 5.41) is 0. The number of para-hydroxylation sites is 1. The topological polar surface area (TPSA) is 8.17 Å². The molecule has 0 saturated heterocycles. The van der Waals surface area contributed by atoms with E-state index in [4.69, 9.17) is 6.58 Å². The van der Waals surface area contributed by atoms with Gasteiger partial charge in [-0.3, -0.25) is 0 Å². The van der Waals surface area contributed by atoms with Gasteiger partial charge < -0.3 is 9.47 Å². The van der Waals surface area contributed by atoms with Gasteiger partial charge in [-0.1, -0.05) is 119 Å². The van der Waals surface area contributed by atoms with Crippen LogP contribution in [0, 0.1) is 13.8 Å². The van der Waals surface area contributed by atoms with E-state index >= 15 is 0 Å². The highest BCUT2D eigenvalue weighted by molar-refractivity contribution is 6.09. The normalized spacial score (nSPS) is 20.5. The lowest BCUT2D eigenvalue weighted by molar-refractivity contribution is 0.501. The van der Waals surface area contributed by atoms with Gasteiger partial charge in [0.2, 0.25) is 0 Å². The molecule has 0 saturated carbocycles. The first-order valence-electron chi connectivity index (χ1n) is 19.0. The van der Waals surface area contributed by atoms with Crippen molar-refractivity contribution in [3.05, 3.63) is 142 Å². The van der Waals surface area contributed by atoms with Crippen LogP contribution in [0.3, 0.4) is 0 Å². The Hall–Kier alpha value is -4.04. The van der Waals surface area contributed by atoms with E-state index in [2.05, 4.69) is 143 Å². The van der Waals surface area contributed by atoms with Crippen molar-refractivity contribution in [2.75, 3.05) is 4.90 Å². The number of aromatic nitrogens is 1. The summed E-state index contributed by atoms with van der Waals surface area (Å²) in [5.74, 6) is 0.429. The summed E-state index contributed by atoms with van der Waals surface area (Å²) >= 11 is 0. The average Bonchev–Trinajstić information content (AvgIpc) is 3.56. The summed E-state index contributed by atoms with van der Waals surface area (Å²) in [4.78, 5) is 2.71. The van der Waals surface area contributed by atoms with E-state index in [-0.39, 0.29) is 12.1 Å². The molecule has 2 heteroatoms. The van der Waals surface area contributed by atoms with Crippen LogP contribution in [0.4, 0.5) is 5.69 Å². The van der Waals surface area contributed by atoms with Crippen LogP contribution in [-0.2, 0) is 6.42 Å². The Morgan fingerprint density at radius 1 is 0.959 bits per heavy atom. The molecular formula is C47H58N2. The summed E-state index contributed by atoms with van der Waals surface area (Å²) in [5.41, 5.74) is 16.6. The predicted molar refractivity (Wildman–Crippen MR) is 214 cm³/mol. The summed E-state index contributed by atoms with van der Waals surface area (Å²) in [6, 6.07) is 19.1. The second-order valence-corrected chi connectivity index (χ2v) is 14.8. The van der Waals surface area contributed by atoms with E-state index < -0.39 is 0 Å². The molecule has 1 aliphatic heterocycles. The molecule has 3 aromatic rings. The van der Waals surface area contributed by atoms with Crippen molar-refractivity contribution in [3.8, 4) is 0 Å². The third-order valence-corrected chi connectivity index (χ3v) is 11.3. The minimum atomic E-state index is 0.207. The molecule has 0 fully saturated rings. The number of hydrogen-bond donors (Lipinski definition) is 0. The van der Waals surface area contributed by atoms with Crippen LogP contribution < -0.4 is 4.90 Å². The van der Waals surface area contributed by atoms with Gasteiger partial charge in [-0.2, -0.15) is 0 Å². The van der Waals surface area contributed by atoms with Gasteiger partial charge >= 0.3 is 0 Å². The Bertz CT molecular complexity index is 1820. The number of anilines is 1. The maximum absolute atomic E-state index is 4.83. The van der Waals surface area contributed by atoms with E-state index in [1.54, 1.807) is 0 Å². The van der Waals surface area contributed by atoms with Gasteiger partial charge in [-0.25, -0.2) is 0 Å². The Balaban J connectivity index is 1.47. The maximum Gasteiger partial charge on any atom is 0.0602 e. The molecule has 0 N–H and O–H groups in total. The quantitative estimate of drug-likeness (QED) is 0.140. The zero-order chi connectivity index (χ0) is 34.7. The lowest BCUT2D eigenvalue weighted by atomic mass is 9.75. The fraction of sp³-hybridized carbons (Fsp3) is 0.404. The van der Waals surface area contributed by atoms with Crippen LogP contribution in [-0.4, -0.2) is 16.7 Å². The van der Waals surface area contributed by atoms with Crippen LogP contribution in [0.2, 0.25) is 0 Å². The van der Waals surface area contributed by atoms with Crippen LogP contribution in [0.1, 0.15) is 130 Å². The van der Waals surface area contributed by atoms with Crippen LogP contribution in [0.15, 0.2) is 103 Å². The zero-order valence-corrected chi connectivity index (χ0v) is 31.1. The highest BCUT2D eigenvalue weighted by Gasteiger charge is 2.42. The maximum atomic E-state index is 4.83. The van der Waals surface area contributed by atoms with Gasteiger partial charge in [-0.15, -0.1) is 6.58 Å². The molecule has 0 spiro atoms. The summed E-state index contributed by atoms with van der Waals surface area (Å²) in [6.07, 6.45) is 24.5. The van der Waals surface area contributed by atoms with Crippen molar-refractivity contribution in [1.29, 1.82) is 0 Å². The molecule has 1 aromatic heterocycles. The Morgan fingerprint density at radius 2 is 1.71 bits per heavy atom.